The van der Waals surface area contributed by atoms with Crippen LogP contribution in [0.2, 0.25) is 0 Å². The highest BCUT2D eigenvalue weighted by Crippen LogP contribution is 2.32. The van der Waals surface area contributed by atoms with E-state index in [0.717, 1.165) is 11.1 Å². The van der Waals surface area contributed by atoms with Crippen molar-refractivity contribution in [3.05, 3.63) is 23.3 Å². The lowest BCUT2D eigenvalue weighted by atomic mass is 9.78. The maximum absolute atomic E-state index is 11.5. The summed E-state index contributed by atoms with van der Waals surface area (Å²) < 4.78 is 0. The van der Waals surface area contributed by atoms with E-state index in [4.69, 9.17) is 0 Å². The van der Waals surface area contributed by atoms with E-state index < -0.39 is 0 Å². The molecule has 0 bridgehead atoms. The third-order valence-electron chi connectivity index (χ3n) is 2.09. The van der Waals surface area contributed by atoms with Crippen molar-refractivity contribution in [2.75, 3.05) is 0 Å². The first-order valence-electron chi connectivity index (χ1n) is 4.34. The largest absolute Gasteiger partial charge is 0.294 e. The second kappa shape index (κ2) is 2.89. The summed E-state index contributed by atoms with van der Waals surface area (Å²) in [6.45, 7) is 8.27. The fraction of sp³-hybridized carbons (Fsp3) is 0.545. The molecule has 0 saturated heterocycles. The predicted molar refractivity (Wildman–Crippen MR) is 50.9 cm³/mol. The smallest absolute Gasteiger partial charge is 0.163 e. The number of carbonyl (C=O) groups excluding carboxylic acids is 1. The van der Waals surface area contributed by atoms with Crippen molar-refractivity contribution in [1.82, 2.24) is 0 Å². The zero-order valence-corrected chi connectivity index (χ0v) is 8.27. The number of hydrogen-bond acceptors (Lipinski definition) is 1. The van der Waals surface area contributed by atoms with Crippen molar-refractivity contribution < 1.29 is 4.79 Å². The zero-order chi connectivity index (χ0) is 9.35. The topological polar surface area (TPSA) is 17.1 Å². The summed E-state index contributed by atoms with van der Waals surface area (Å²) in [6.07, 6.45) is 4.55. The Balaban J connectivity index is 3.14. The summed E-state index contributed by atoms with van der Waals surface area (Å²) in [7, 11) is 0. The minimum Gasteiger partial charge on any atom is -0.294 e. The van der Waals surface area contributed by atoms with Crippen molar-refractivity contribution in [3.63, 3.8) is 0 Å². The van der Waals surface area contributed by atoms with Gasteiger partial charge in [-0.25, -0.2) is 0 Å². The van der Waals surface area contributed by atoms with Crippen molar-refractivity contribution >= 4 is 5.78 Å². The van der Waals surface area contributed by atoms with Crippen LogP contribution in [0.5, 0.6) is 0 Å². The molecule has 1 aliphatic rings. The fourth-order valence-electron chi connectivity index (χ4n) is 1.76. The van der Waals surface area contributed by atoms with Crippen LogP contribution in [-0.4, -0.2) is 5.78 Å². The van der Waals surface area contributed by atoms with Crippen LogP contribution in [0.15, 0.2) is 23.3 Å². The number of hydrogen-bond donors (Lipinski definition) is 0. The second-order valence-electron chi connectivity index (χ2n) is 4.34. The Kier molecular flexibility index (Phi) is 2.22. The first-order chi connectivity index (χ1) is 5.43. The highest BCUT2D eigenvalue weighted by atomic mass is 16.1. The Hall–Kier alpha value is -0.850. The molecule has 66 valence electrons. The van der Waals surface area contributed by atoms with Crippen molar-refractivity contribution in [1.29, 1.82) is 0 Å². The summed E-state index contributed by atoms with van der Waals surface area (Å²) >= 11 is 0. The third kappa shape index (κ3) is 1.66. The van der Waals surface area contributed by atoms with Crippen LogP contribution in [0.3, 0.4) is 0 Å². The summed E-state index contributed by atoms with van der Waals surface area (Å²) in [5.41, 5.74) is 2.11. The number of ketones is 1. The molecule has 0 heterocycles. The molecule has 12 heavy (non-hydrogen) atoms. The molecule has 0 aliphatic heterocycles. The lowest BCUT2D eigenvalue weighted by Gasteiger charge is -2.25. The number of Topliss-reactive ketones (excluding diaryl/α,β-unsaturated/α-hetero) is 1. The first kappa shape index (κ1) is 9.24. The molecular weight excluding hydrogens is 148 g/mol. The quantitative estimate of drug-likeness (QED) is 0.538. The molecule has 0 aromatic heterocycles. The molecule has 0 amide bonds. The van der Waals surface area contributed by atoms with Gasteiger partial charge in [-0.1, -0.05) is 32.9 Å². The Morgan fingerprint density at radius 2 is 1.92 bits per heavy atom. The van der Waals surface area contributed by atoms with Gasteiger partial charge in [-0.05, 0) is 17.9 Å². The Morgan fingerprint density at radius 3 is 2.25 bits per heavy atom. The van der Waals surface area contributed by atoms with Gasteiger partial charge in [0.15, 0.2) is 5.78 Å². The summed E-state index contributed by atoms with van der Waals surface area (Å²) in [5, 5.41) is 0. The van der Waals surface area contributed by atoms with E-state index in [2.05, 4.69) is 20.8 Å². The predicted octanol–water partition coefficient (Wildman–Crippen LogP) is 2.88. The molecule has 1 heteroatoms. The van der Waals surface area contributed by atoms with Crippen LogP contribution < -0.4 is 0 Å². The van der Waals surface area contributed by atoms with E-state index >= 15 is 0 Å². The van der Waals surface area contributed by atoms with E-state index in [1.807, 2.05) is 19.1 Å². The third-order valence-corrected chi connectivity index (χ3v) is 2.09. The van der Waals surface area contributed by atoms with Gasteiger partial charge in [-0.3, -0.25) is 4.79 Å². The van der Waals surface area contributed by atoms with Gasteiger partial charge < -0.3 is 0 Å². The van der Waals surface area contributed by atoms with Gasteiger partial charge >= 0.3 is 0 Å². The monoisotopic (exact) mass is 164 g/mol. The average Bonchev–Trinajstić information content (AvgIpc) is 1.82. The molecule has 0 fully saturated rings. The lowest BCUT2D eigenvalue weighted by molar-refractivity contribution is -0.115. The maximum Gasteiger partial charge on any atom is 0.163 e. The molecule has 0 saturated carbocycles. The minimum atomic E-state index is -0.00801. The average molecular weight is 164 g/mol. The lowest BCUT2D eigenvalue weighted by Crippen LogP contribution is -2.20. The van der Waals surface area contributed by atoms with E-state index in [1.165, 1.54) is 0 Å². The Labute approximate surface area is 74.2 Å². The van der Waals surface area contributed by atoms with Gasteiger partial charge in [0.25, 0.3) is 0 Å². The molecule has 0 aromatic rings. The Bertz CT molecular complexity index is 261. The number of allylic oxidation sites excluding steroid dienone is 4. The number of carbonyl (C=O) groups is 1. The second-order valence-corrected chi connectivity index (χ2v) is 4.34. The molecule has 0 radical (unpaired) electrons. The van der Waals surface area contributed by atoms with E-state index in [1.54, 1.807) is 0 Å². The van der Waals surface area contributed by atoms with Crippen molar-refractivity contribution in [3.8, 4) is 0 Å². The van der Waals surface area contributed by atoms with E-state index in [-0.39, 0.29) is 11.2 Å². The molecule has 0 atom stereocenters. The highest BCUT2D eigenvalue weighted by Gasteiger charge is 2.25. The summed E-state index contributed by atoms with van der Waals surface area (Å²) in [4.78, 5) is 11.5. The molecule has 1 rings (SSSR count). The van der Waals surface area contributed by atoms with Crippen LogP contribution in [0, 0.1) is 5.41 Å². The standard InChI is InChI=1S/C11H16O/c1-8-6-5-7-9(12)10(8)11(2,3)4/h5-6H,7H2,1-4H3. The fourth-order valence-corrected chi connectivity index (χ4v) is 1.76. The van der Waals surface area contributed by atoms with E-state index in [0.29, 0.717) is 6.42 Å². The van der Waals surface area contributed by atoms with Crippen molar-refractivity contribution in [2.24, 2.45) is 5.41 Å². The van der Waals surface area contributed by atoms with Crippen LogP contribution in [0.4, 0.5) is 0 Å². The maximum atomic E-state index is 11.5. The molecule has 0 aromatic carbocycles. The van der Waals surface area contributed by atoms with Gasteiger partial charge in [0, 0.05) is 12.0 Å². The van der Waals surface area contributed by atoms with Crippen LogP contribution in [0.25, 0.3) is 0 Å². The van der Waals surface area contributed by atoms with Crippen molar-refractivity contribution in [2.45, 2.75) is 34.1 Å². The highest BCUT2D eigenvalue weighted by molar-refractivity contribution is 5.99. The van der Waals surface area contributed by atoms with Crippen LogP contribution in [-0.2, 0) is 4.79 Å². The molecule has 0 unspecified atom stereocenters. The summed E-state index contributed by atoms with van der Waals surface area (Å²) in [5.74, 6) is 0.280. The normalized spacial score (nSPS) is 18.8. The van der Waals surface area contributed by atoms with Gasteiger partial charge in [0.2, 0.25) is 0 Å². The number of rotatable bonds is 0. The van der Waals surface area contributed by atoms with Gasteiger partial charge in [0.1, 0.15) is 0 Å². The minimum absolute atomic E-state index is 0.00801. The van der Waals surface area contributed by atoms with Gasteiger partial charge in [0.05, 0.1) is 0 Å². The molecule has 1 nitrogen and oxygen atoms in total. The van der Waals surface area contributed by atoms with Gasteiger partial charge in [-0.15, -0.1) is 0 Å². The van der Waals surface area contributed by atoms with Gasteiger partial charge in [-0.2, -0.15) is 0 Å². The van der Waals surface area contributed by atoms with Crippen LogP contribution >= 0.6 is 0 Å². The van der Waals surface area contributed by atoms with Crippen LogP contribution in [0.1, 0.15) is 34.1 Å². The summed E-state index contributed by atoms with van der Waals surface area (Å²) in [6, 6.07) is 0. The first-order valence-corrected chi connectivity index (χ1v) is 4.34. The zero-order valence-electron chi connectivity index (χ0n) is 8.27. The molecule has 0 spiro atoms. The Morgan fingerprint density at radius 1 is 1.33 bits per heavy atom. The molecular formula is C11H16O. The van der Waals surface area contributed by atoms with E-state index in [9.17, 15) is 4.79 Å². The molecule has 1 aliphatic carbocycles. The molecule has 0 N–H and O–H groups in total. The SMILES string of the molecule is CC1=C(C(C)(C)C)C(=O)CC=C1.